The van der Waals surface area contributed by atoms with Crippen LogP contribution >= 0.6 is 11.6 Å². The Bertz CT molecular complexity index is 441. The maximum Gasteiger partial charge on any atom is 1.00 e. The van der Waals surface area contributed by atoms with E-state index in [9.17, 15) is 12.8 Å². The fourth-order valence-electron chi connectivity index (χ4n) is 0.963. The summed E-state index contributed by atoms with van der Waals surface area (Å²) in [7, 11) is -4.05. The quantitative estimate of drug-likeness (QED) is 0.563. The van der Waals surface area contributed by atoms with Crippen molar-refractivity contribution in [2.45, 2.75) is 6.42 Å². The van der Waals surface area contributed by atoms with E-state index in [0.717, 1.165) is 6.07 Å². The second-order valence-corrected chi connectivity index (χ2v) is 4.78. The standard InChI is InChI=1S/C8H8ClFO3S.Na.H/c9-7-2-1-6(8(10)5-7)3-4-14(11,12)13;;/h1-2,5H,3-4H2,(H,11,12,13);;/q;+1;-1. The van der Waals surface area contributed by atoms with Crippen molar-refractivity contribution in [3.05, 3.63) is 34.6 Å². The van der Waals surface area contributed by atoms with Gasteiger partial charge in [0.15, 0.2) is 0 Å². The first-order valence-corrected chi connectivity index (χ1v) is 5.76. The average Bonchev–Trinajstić information content (AvgIpc) is 2.00. The van der Waals surface area contributed by atoms with E-state index < -0.39 is 21.7 Å². The summed E-state index contributed by atoms with van der Waals surface area (Å²) in [6.45, 7) is 0. The summed E-state index contributed by atoms with van der Waals surface area (Å²) < 4.78 is 42.3. The van der Waals surface area contributed by atoms with Crippen LogP contribution in [0.1, 0.15) is 6.99 Å². The van der Waals surface area contributed by atoms with E-state index in [1.165, 1.54) is 12.1 Å². The molecule has 0 saturated heterocycles. The van der Waals surface area contributed by atoms with Crippen LogP contribution in [0.3, 0.4) is 0 Å². The minimum absolute atomic E-state index is 0. The number of hydrogen-bond acceptors (Lipinski definition) is 2. The van der Waals surface area contributed by atoms with Crippen LogP contribution in [0.2, 0.25) is 5.02 Å². The molecule has 1 aromatic rings. The Labute approximate surface area is 116 Å². The Hall–Kier alpha value is 0.350. The molecule has 0 fully saturated rings. The topological polar surface area (TPSA) is 54.4 Å². The molecule has 0 spiro atoms. The number of benzene rings is 1. The van der Waals surface area contributed by atoms with Crippen molar-refractivity contribution in [2.24, 2.45) is 0 Å². The van der Waals surface area contributed by atoms with Gasteiger partial charge in [-0.25, -0.2) is 4.39 Å². The summed E-state index contributed by atoms with van der Waals surface area (Å²) in [5, 5.41) is 0.248. The Morgan fingerprint density at radius 3 is 2.53 bits per heavy atom. The molecular weight excluding hydrogens is 254 g/mol. The largest absolute Gasteiger partial charge is 1.00 e. The van der Waals surface area contributed by atoms with E-state index in [1.807, 2.05) is 0 Å². The van der Waals surface area contributed by atoms with Crippen molar-refractivity contribution in [1.82, 2.24) is 0 Å². The molecule has 0 aliphatic heterocycles. The van der Waals surface area contributed by atoms with Crippen molar-refractivity contribution < 1.29 is 48.3 Å². The molecule has 15 heavy (non-hydrogen) atoms. The molecule has 80 valence electrons. The number of halogens is 2. The number of aryl methyl sites for hydroxylation is 1. The normalized spacial score (nSPS) is 10.9. The van der Waals surface area contributed by atoms with Crippen LogP contribution in [0.15, 0.2) is 18.2 Å². The molecule has 1 rings (SSSR count). The Morgan fingerprint density at radius 1 is 1.47 bits per heavy atom. The first-order chi connectivity index (χ1) is 6.38. The average molecular weight is 263 g/mol. The van der Waals surface area contributed by atoms with E-state index in [0.29, 0.717) is 0 Å². The number of rotatable bonds is 3. The molecule has 7 heteroatoms. The fourth-order valence-corrected chi connectivity index (χ4v) is 1.60. The van der Waals surface area contributed by atoms with Gasteiger partial charge in [0.25, 0.3) is 10.1 Å². The van der Waals surface area contributed by atoms with Crippen molar-refractivity contribution in [1.29, 1.82) is 0 Å². The van der Waals surface area contributed by atoms with Crippen LogP contribution in [0, 0.1) is 5.82 Å². The van der Waals surface area contributed by atoms with Gasteiger partial charge in [-0.3, -0.25) is 4.55 Å². The van der Waals surface area contributed by atoms with Gasteiger partial charge in [-0.15, -0.1) is 0 Å². The van der Waals surface area contributed by atoms with E-state index in [2.05, 4.69) is 0 Å². The predicted octanol–water partition coefficient (Wildman–Crippen LogP) is -0.974. The van der Waals surface area contributed by atoms with Crippen LogP contribution in [0.4, 0.5) is 4.39 Å². The minimum Gasteiger partial charge on any atom is -1.00 e. The van der Waals surface area contributed by atoms with Crippen LogP contribution < -0.4 is 29.6 Å². The van der Waals surface area contributed by atoms with Gasteiger partial charge in [0, 0.05) is 5.02 Å². The fraction of sp³-hybridized carbons (Fsp3) is 0.250. The summed E-state index contributed by atoms with van der Waals surface area (Å²) in [5.41, 5.74) is 0.215. The second-order valence-electron chi connectivity index (χ2n) is 2.77. The van der Waals surface area contributed by atoms with Crippen molar-refractivity contribution in [3.63, 3.8) is 0 Å². The van der Waals surface area contributed by atoms with Crippen molar-refractivity contribution >= 4 is 21.7 Å². The van der Waals surface area contributed by atoms with Gasteiger partial charge in [0.05, 0.1) is 5.75 Å². The van der Waals surface area contributed by atoms with E-state index >= 15 is 0 Å². The maximum atomic E-state index is 13.1. The molecule has 0 amide bonds. The summed E-state index contributed by atoms with van der Waals surface area (Å²) in [6, 6.07) is 3.95. The molecule has 0 radical (unpaired) electrons. The zero-order chi connectivity index (χ0) is 10.8. The summed E-state index contributed by atoms with van der Waals surface area (Å²) in [4.78, 5) is 0. The van der Waals surface area contributed by atoms with E-state index in [1.54, 1.807) is 0 Å². The molecule has 0 aromatic heterocycles. The summed E-state index contributed by atoms with van der Waals surface area (Å²) >= 11 is 5.50. The molecule has 3 nitrogen and oxygen atoms in total. The van der Waals surface area contributed by atoms with Crippen molar-refractivity contribution in [2.75, 3.05) is 5.75 Å². The number of hydrogen-bond donors (Lipinski definition) is 1. The third kappa shape index (κ3) is 5.85. The van der Waals surface area contributed by atoms with Gasteiger partial charge in [-0.2, -0.15) is 8.42 Å². The third-order valence-electron chi connectivity index (χ3n) is 1.64. The molecule has 0 saturated carbocycles. The monoisotopic (exact) mass is 262 g/mol. The van der Waals surface area contributed by atoms with Gasteiger partial charge >= 0.3 is 29.6 Å². The van der Waals surface area contributed by atoms with Gasteiger partial charge in [-0.05, 0) is 24.1 Å². The summed E-state index contributed by atoms with van der Waals surface area (Å²) in [6.07, 6.45) is -0.0676. The first kappa shape index (κ1) is 15.3. The first-order valence-electron chi connectivity index (χ1n) is 3.77. The Balaban J connectivity index is 0. The van der Waals surface area contributed by atoms with Crippen molar-refractivity contribution in [3.8, 4) is 0 Å². The molecule has 0 bridgehead atoms. The van der Waals surface area contributed by atoms with Gasteiger partial charge in [0.1, 0.15) is 5.82 Å². The Morgan fingerprint density at radius 2 is 2.07 bits per heavy atom. The van der Waals surface area contributed by atoms with E-state index in [4.69, 9.17) is 16.2 Å². The summed E-state index contributed by atoms with van der Waals surface area (Å²) in [5.74, 6) is -1.06. The van der Waals surface area contributed by atoms with Crippen LogP contribution in [-0.2, 0) is 16.5 Å². The van der Waals surface area contributed by atoms with E-state index in [-0.39, 0.29) is 48.0 Å². The molecule has 0 atom stereocenters. The maximum absolute atomic E-state index is 13.1. The van der Waals surface area contributed by atoms with Gasteiger partial charge in [-0.1, -0.05) is 17.7 Å². The molecule has 1 N–H and O–H groups in total. The molecule has 0 aliphatic rings. The van der Waals surface area contributed by atoms with Crippen LogP contribution in [-0.4, -0.2) is 18.7 Å². The third-order valence-corrected chi connectivity index (χ3v) is 2.60. The zero-order valence-corrected chi connectivity index (χ0v) is 11.6. The van der Waals surface area contributed by atoms with Gasteiger partial charge in [0.2, 0.25) is 0 Å². The minimum atomic E-state index is -4.05. The van der Waals surface area contributed by atoms with Gasteiger partial charge < -0.3 is 1.43 Å². The predicted molar refractivity (Wildman–Crippen MR) is 52.6 cm³/mol. The van der Waals surface area contributed by atoms with Crippen LogP contribution in [0.25, 0.3) is 0 Å². The zero-order valence-electron chi connectivity index (χ0n) is 9.07. The SMILES string of the molecule is O=S(=O)(O)CCc1ccc(Cl)cc1F.[H-].[Na+]. The molecule has 0 heterocycles. The molecular formula is C8H9ClFNaO3S. The molecule has 0 aliphatic carbocycles. The molecule has 1 aromatic carbocycles. The Kier molecular flexibility index (Phi) is 6.32. The smallest absolute Gasteiger partial charge is 1.00 e. The molecule has 0 unspecified atom stereocenters. The van der Waals surface area contributed by atoms with Crippen LogP contribution in [0.5, 0.6) is 0 Å². The second kappa shape index (κ2) is 6.18.